The number of likely N-dealkylation sites (tertiary alicyclic amines) is 1. The van der Waals surface area contributed by atoms with Crippen LogP contribution in [0.5, 0.6) is 0 Å². The molecule has 21 heavy (non-hydrogen) atoms. The van der Waals surface area contributed by atoms with Gasteiger partial charge in [-0.05, 0) is 43.9 Å². The Hall–Kier alpha value is -1.55. The van der Waals surface area contributed by atoms with Crippen molar-refractivity contribution in [3.8, 4) is 0 Å². The molecule has 1 unspecified atom stereocenters. The van der Waals surface area contributed by atoms with Crippen LogP contribution in [0.2, 0.25) is 0 Å². The van der Waals surface area contributed by atoms with Gasteiger partial charge < -0.3 is 10.6 Å². The molecule has 0 spiro atoms. The number of hydrogen-bond acceptors (Lipinski definition) is 3. The van der Waals surface area contributed by atoms with Gasteiger partial charge >= 0.3 is 0 Å². The lowest BCUT2D eigenvalue weighted by atomic mass is 10.1. The van der Waals surface area contributed by atoms with Crippen molar-refractivity contribution in [3.05, 3.63) is 29.8 Å². The van der Waals surface area contributed by atoms with E-state index >= 15 is 0 Å². The Kier molecular flexibility index (Phi) is 4.44. The molecule has 114 valence electrons. The van der Waals surface area contributed by atoms with Crippen molar-refractivity contribution < 1.29 is 4.79 Å². The zero-order valence-corrected chi connectivity index (χ0v) is 12.8. The molecule has 1 saturated heterocycles. The first-order chi connectivity index (χ1) is 10.2. The molecule has 4 heteroatoms. The Labute approximate surface area is 126 Å². The number of likely N-dealkylation sites (N-methyl/N-ethyl adjacent to an activating group) is 1. The van der Waals surface area contributed by atoms with Crippen molar-refractivity contribution in [1.29, 1.82) is 0 Å². The fraction of sp³-hybridized carbons (Fsp3) is 0.588. The third-order valence-corrected chi connectivity index (χ3v) is 4.35. The van der Waals surface area contributed by atoms with Crippen LogP contribution in [0.3, 0.4) is 0 Å². The van der Waals surface area contributed by atoms with Gasteiger partial charge in [-0.1, -0.05) is 12.1 Å². The van der Waals surface area contributed by atoms with Gasteiger partial charge in [-0.3, -0.25) is 9.69 Å². The van der Waals surface area contributed by atoms with E-state index in [9.17, 15) is 4.79 Å². The highest BCUT2D eigenvalue weighted by atomic mass is 16.1. The minimum absolute atomic E-state index is 0.0917. The second-order valence-corrected chi connectivity index (χ2v) is 6.18. The van der Waals surface area contributed by atoms with E-state index < -0.39 is 0 Å². The molecule has 1 saturated carbocycles. The van der Waals surface area contributed by atoms with Crippen LogP contribution in [0.1, 0.15) is 31.7 Å². The summed E-state index contributed by atoms with van der Waals surface area (Å²) in [5.41, 5.74) is 2.23. The van der Waals surface area contributed by atoms with Gasteiger partial charge in [-0.25, -0.2) is 0 Å². The first kappa shape index (κ1) is 14.4. The second kappa shape index (κ2) is 6.48. The second-order valence-electron chi connectivity index (χ2n) is 6.18. The van der Waals surface area contributed by atoms with Gasteiger partial charge in [-0.2, -0.15) is 0 Å². The normalized spacial score (nSPS) is 22.2. The van der Waals surface area contributed by atoms with E-state index in [2.05, 4.69) is 27.7 Å². The fourth-order valence-corrected chi connectivity index (χ4v) is 3.08. The molecule has 2 fully saturated rings. The summed E-state index contributed by atoms with van der Waals surface area (Å²) < 4.78 is 0. The van der Waals surface area contributed by atoms with Crippen molar-refractivity contribution in [2.45, 2.75) is 44.7 Å². The number of benzene rings is 1. The van der Waals surface area contributed by atoms with Crippen LogP contribution in [-0.4, -0.2) is 42.5 Å². The molecule has 1 aliphatic carbocycles. The topological polar surface area (TPSA) is 44.4 Å². The number of anilines is 1. The van der Waals surface area contributed by atoms with Crippen LogP contribution in [0.4, 0.5) is 5.69 Å². The molecule has 4 nitrogen and oxygen atoms in total. The van der Waals surface area contributed by atoms with Gasteiger partial charge in [0.05, 0.1) is 6.42 Å². The zero-order chi connectivity index (χ0) is 14.7. The Morgan fingerprint density at radius 1 is 1.24 bits per heavy atom. The Balaban J connectivity index is 1.49. The number of amides is 1. The standard InChI is InChI=1S/C17H25N3O/c1-2-18-17(21)11-13-3-5-14(6-4-13)19-15-9-10-20(12-15)16-7-8-16/h3-6,15-16,19H,2,7-12H2,1H3,(H,18,21). The maximum atomic E-state index is 11.5. The molecule has 1 amide bonds. The lowest BCUT2D eigenvalue weighted by molar-refractivity contribution is -0.120. The van der Waals surface area contributed by atoms with E-state index in [-0.39, 0.29) is 5.91 Å². The maximum absolute atomic E-state index is 11.5. The summed E-state index contributed by atoms with van der Waals surface area (Å²) in [6, 6.07) is 9.72. The number of carbonyl (C=O) groups is 1. The quantitative estimate of drug-likeness (QED) is 0.841. The molecule has 0 bridgehead atoms. The van der Waals surface area contributed by atoms with E-state index in [0.29, 0.717) is 19.0 Å². The fourth-order valence-electron chi connectivity index (χ4n) is 3.08. The monoisotopic (exact) mass is 287 g/mol. The zero-order valence-electron chi connectivity index (χ0n) is 12.8. The van der Waals surface area contributed by atoms with Gasteiger partial charge in [0.2, 0.25) is 5.91 Å². The minimum Gasteiger partial charge on any atom is -0.381 e. The number of hydrogen-bond donors (Lipinski definition) is 2. The van der Waals surface area contributed by atoms with E-state index in [0.717, 1.165) is 17.3 Å². The summed E-state index contributed by atoms with van der Waals surface area (Å²) in [6.45, 7) is 5.04. The van der Waals surface area contributed by atoms with Gasteiger partial charge in [0.15, 0.2) is 0 Å². The van der Waals surface area contributed by atoms with Crippen molar-refractivity contribution >= 4 is 11.6 Å². The van der Waals surface area contributed by atoms with Crippen LogP contribution >= 0.6 is 0 Å². The summed E-state index contributed by atoms with van der Waals surface area (Å²) in [5, 5.41) is 6.45. The predicted octanol–water partition coefficient (Wildman–Crippen LogP) is 2.01. The van der Waals surface area contributed by atoms with Crippen LogP contribution in [0.25, 0.3) is 0 Å². The molecule has 1 aromatic rings. The largest absolute Gasteiger partial charge is 0.381 e. The summed E-state index contributed by atoms with van der Waals surface area (Å²) in [6.07, 6.45) is 4.48. The van der Waals surface area contributed by atoms with Crippen LogP contribution in [0.15, 0.2) is 24.3 Å². The maximum Gasteiger partial charge on any atom is 0.224 e. The van der Waals surface area contributed by atoms with Crippen molar-refractivity contribution in [2.75, 3.05) is 25.0 Å². The van der Waals surface area contributed by atoms with Gasteiger partial charge in [0.25, 0.3) is 0 Å². The molecule has 2 aliphatic rings. The molecule has 1 heterocycles. The molecule has 2 N–H and O–H groups in total. The van der Waals surface area contributed by atoms with Crippen LogP contribution < -0.4 is 10.6 Å². The molecule has 1 atom stereocenters. The summed E-state index contributed by atoms with van der Waals surface area (Å²) in [4.78, 5) is 14.2. The van der Waals surface area contributed by atoms with E-state index in [4.69, 9.17) is 0 Å². The lowest BCUT2D eigenvalue weighted by Gasteiger charge is -2.17. The molecular weight excluding hydrogens is 262 g/mol. The van der Waals surface area contributed by atoms with Crippen LogP contribution in [-0.2, 0) is 11.2 Å². The predicted molar refractivity (Wildman–Crippen MR) is 85.5 cm³/mol. The van der Waals surface area contributed by atoms with E-state index in [1.54, 1.807) is 0 Å². The first-order valence-corrected chi connectivity index (χ1v) is 8.11. The minimum atomic E-state index is 0.0917. The Bertz CT molecular complexity index is 481. The highest BCUT2D eigenvalue weighted by Gasteiger charge is 2.34. The SMILES string of the molecule is CCNC(=O)Cc1ccc(NC2CCN(C3CC3)C2)cc1. The van der Waals surface area contributed by atoms with Gasteiger partial charge in [0.1, 0.15) is 0 Å². The van der Waals surface area contributed by atoms with Crippen LogP contribution in [0, 0.1) is 0 Å². The Morgan fingerprint density at radius 2 is 2.00 bits per heavy atom. The third-order valence-electron chi connectivity index (χ3n) is 4.35. The summed E-state index contributed by atoms with van der Waals surface area (Å²) in [7, 11) is 0. The lowest BCUT2D eigenvalue weighted by Crippen LogP contribution is -2.27. The molecule has 0 aromatic heterocycles. The first-order valence-electron chi connectivity index (χ1n) is 8.11. The van der Waals surface area contributed by atoms with Crippen molar-refractivity contribution in [3.63, 3.8) is 0 Å². The third kappa shape index (κ3) is 3.97. The van der Waals surface area contributed by atoms with Gasteiger partial charge in [-0.15, -0.1) is 0 Å². The average Bonchev–Trinajstić information content (AvgIpc) is 3.22. The highest BCUT2D eigenvalue weighted by molar-refractivity contribution is 5.78. The number of carbonyl (C=O) groups excluding carboxylic acids is 1. The van der Waals surface area contributed by atoms with Crippen molar-refractivity contribution in [1.82, 2.24) is 10.2 Å². The van der Waals surface area contributed by atoms with E-state index in [1.807, 2.05) is 19.1 Å². The Morgan fingerprint density at radius 3 is 2.67 bits per heavy atom. The molecular formula is C17H25N3O. The smallest absolute Gasteiger partial charge is 0.224 e. The number of nitrogens with zero attached hydrogens (tertiary/aromatic N) is 1. The molecule has 0 radical (unpaired) electrons. The number of rotatable bonds is 6. The number of nitrogens with one attached hydrogen (secondary N) is 2. The molecule has 1 aromatic carbocycles. The average molecular weight is 287 g/mol. The molecule has 3 rings (SSSR count). The highest BCUT2D eigenvalue weighted by Crippen LogP contribution is 2.30. The summed E-state index contributed by atoms with van der Waals surface area (Å²) in [5.74, 6) is 0.0917. The summed E-state index contributed by atoms with van der Waals surface area (Å²) >= 11 is 0. The van der Waals surface area contributed by atoms with E-state index in [1.165, 1.54) is 32.4 Å². The molecule has 1 aliphatic heterocycles. The van der Waals surface area contributed by atoms with Gasteiger partial charge in [0, 0.05) is 37.4 Å². The van der Waals surface area contributed by atoms with Crippen molar-refractivity contribution in [2.24, 2.45) is 0 Å².